The van der Waals surface area contributed by atoms with Crippen LogP contribution in [0.4, 0.5) is 0 Å². The fourth-order valence-corrected chi connectivity index (χ4v) is 4.59. The lowest BCUT2D eigenvalue weighted by Crippen LogP contribution is -2.29. The molecule has 1 heterocycles. The molecule has 0 spiro atoms. The van der Waals surface area contributed by atoms with Crippen LogP contribution >= 0.6 is 0 Å². The van der Waals surface area contributed by atoms with Gasteiger partial charge in [-0.3, -0.25) is 0 Å². The minimum Gasteiger partial charge on any atom is -0.478 e. The summed E-state index contributed by atoms with van der Waals surface area (Å²) in [6, 6.07) is 2.92. The van der Waals surface area contributed by atoms with Gasteiger partial charge >= 0.3 is 5.97 Å². The normalized spacial score (nSPS) is 19.9. The third kappa shape index (κ3) is 2.96. The molecule has 1 saturated heterocycles. The van der Waals surface area contributed by atoms with Gasteiger partial charge in [-0.1, -0.05) is 19.4 Å². The van der Waals surface area contributed by atoms with Gasteiger partial charge in [0.2, 0.25) is 10.0 Å². The molecule has 1 atom stereocenters. The minimum absolute atomic E-state index is 0.0467. The van der Waals surface area contributed by atoms with Crippen molar-refractivity contribution in [1.82, 2.24) is 4.31 Å². The summed E-state index contributed by atoms with van der Waals surface area (Å²) in [6.07, 6.45) is 1.83. The highest BCUT2D eigenvalue weighted by Crippen LogP contribution is 2.29. The highest BCUT2D eigenvalue weighted by molar-refractivity contribution is 7.89. The van der Waals surface area contributed by atoms with Crippen molar-refractivity contribution in [2.45, 2.75) is 38.5 Å². The molecule has 2 rings (SSSR count). The van der Waals surface area contributed by atoms with E-state index in [1.165, 1.54) is 10.4 Å². The topological polar surface area (TPSA) is 74.7 Å². The summed E-state index contributed by atoms with van der Waals surface area (Å²) in [4.78, 5) is 11.3. The van der Waals surface area contributed by atoms with Crippen molar-refractivity contribution < 1.29 is 18.3 Å². The average molecular weight is 311 g/mol. The van der Waals surface area contributed by atoms with Crippen molar-refractivity contribution in [3.05, 3.63) is 28.8 Å². The molecule has 1 aromatic carbocycles. The molecule has 1 fully saturated rings. The zero-order chi connectivity index (χ0) is 15.8. The molecule has 1 aliphatic heterocycles. The van der Waals surface area contributed by atoms with Crippen molar-refractivity contribution in [1.29, 1.82) is 0 Å². The van der Waals surface area contributed by atoms with E-state index in [0.717, 1.165) is 12.8 Å². The summed E-state index contributed by atoms with van der Waals surface area (Å²) in [5.41, 5.74) is 1.22. The van der Waals surface area contributed by atoms with E-state index in [9.17, 15) is 18.3 Å². The molecule has 5 nitrogen and oxygen atoms in total. The number of carboxylic acids is 1. The Hall–Kier alpha value is -1.40. The molecule has 116 valence electrons. The minimum atomic E-state index is -3.62. The van der Waals surface area contributed by atoms with Crippen LogP contribution in [-0.2, 0) is 10.0 Å². The molecule has 0 aromatic heterocycles. The van der Waals surface area contributed by atoms with E-state index >= 15 is 0 Å². The van der Waals surface area contributed by atoms with Gasteiger partial charge in [-0.05, 0) is 43.4 Å². The highest BCUT2D eigenvalue weighted by Gasteiger charge is 2.33. The summed E-state index contributed by atoms with van der Waals surface area (Å²) in [7, 11) is -3.62. The van der Waals surface area contributed by atoms with Crippen molar-refractivity contribution >= 4 is 16.0 Å². The van der Waals surface area contributed by atoms with Gasteiger partial charge in [-0.2, -0.15) is 4.31 Å². The Morgan fingerprint density at radius 1 is 1.33 bits per heavy atom. The predicted molar refractivity (Wildman–Crippen MR) is 80.0 cm³/mol. The number of aryl methyl sites for hydroxylation is 2. The van der Waals surface area contributed by atoms with Gasteiger partial charge in [0.1, 0.15) is 0 Å². The van der Waals surface area contributed by atoms with Gasteiger partial charge < -0.3 is 5.11 Å². The number of carboxylic acid groups (broad SMARTS) is 1. The number of sulfonamides is 1. The fraction of sp³-hybridized carbons (Fsp3) is 0.533. The maximum absolute atomic E-state index is 12.7. The number of hydrogen-bond donors (Lipinski definition) is 1. The lowest BCUT2D eigenvalue weighted by molar-refractivity contribution is 0.0696. The molecule has 0 bridgehead atoms. The maximum atomic E-state index is 12.7. The molecule has 1 aromatic rings. The number of hydrogen-bond acceptors (Lipinski definition) is 3. The molecule has 0 saturated carbocycles. The molecule has 1 N–H and O–H groups in total. The van der Waals surface area contributed by atoms with E-state index in [1.807, 2.05) is 0 Å². The maximum Gasteiger partial charge on any atom is 0.335 e. The molecular weight excluding hydrogens is 290 g/mol. The SMILES string of the molecule is CCC1CCN(S(=O)(=O)c2cc(C(=O)O)c(C)cc2C)C1. The summed E-state index contributed by atoms with van der Waals surface area (Å²) < 4.78 is 26.9. The van der Waals surface area contributed by atoms with E-state index in [4.69, 9.17) is 0 Å². The third-order valence-electron chi connectivity index (χ3n) is 4.20. The van der Waals surface area contributed by atoms with Crippen LogP contribution in [0.2, 0.25) is 0 Å². The second kappa shape index (κ2) is 5.77. The van der Waals surface area contributed by atoms with E-state index in [2.05, 4.69) is 6.92 Å². The molecule has 0 aliphatic carbocycles. The smallest absolute Gasteiger partial charge is 0.335 e. The fourth-order valence-electron chi connectivity index (χ4n) is 2.83. The summed E-state index contributed by atoms with van der Waals surface area (Å²) >= 11 is 0. The Morgan fingerprint density at radius 3 is 2.52 bits per heavy atom. The van der Waals surface area contributed by atoms with E-state index < -0.39 is 16.0 Å². The Morgan fingerprint density at radius 2 is 2.00 bits per heavy atom. The van der Waals surface area contributed by atoms with E-state index in [0.29, 0.717) is 30.1 Å². The van der Waals surface area contributed by atoms with E-state index in [1.54, 1.807) is 19.9 Å². The Labute approximate surface area is 125 Å². The van der Waals surface area contributed by atoms with Crippen LogP contribution in [0.25, 0.3) is 0 Å². The van der Waals surface area contributed by atoms with Crippen LogP contribution < -0.4 is 0 Å². The molecule has 1 unspecified atom stereocenters. The quantitative estimate of drug-likeness (QED) is 0.926. The van der Waals surface area contributed by atoms with Crippen molar-refractivity contribution in [2.75, 3.05) is 13.1 Å². The lowest BCUT2D eigenvalue weighted by Gasteiger charge is -2.19. The number of benzene rings is 1. The van der Waals surface area contributed by atoms with Gasteiger partial charge in [0.25, 0.3) is 0 Å². The standard InChI is InChI=1S/C15H21NO4S/c1-4-12-5-6-16(9-12)21(19,20)14-8-13(15(17)18)10(2)7-11(14)3/h7-8,12H,4-6,9H2,1-3H3,(H,17,18). The zero-order valence-corrected chi connectivity index (χ0v) is 13.4. The Bertz CT molecular complexity index is 666. The van der Waals surface area contributed by atoms with Crippen LogP contribution in [0.15, 0.2) is 17.0 Å². The van der Waals surface area contributed by atoms with Gasteiger partial charge in [-0.15, -0.1) is 0 Å². The number of carbonyl (C=O) groups is 1. The summed E-state index contributed by atoms with van der Waals surface area (Å²) in [5.74, 6) is -0.707. The molecule has 0 amide bonds. The Kier molecular flexibility index (Phi) is 4.39. The second-order valence-electron chi connectivity index (χ2n) is 5.66. The first-order valence-electron chi connectivity index (χ1n) is 7.12. The van der Waals surface area contributed by atoms with Gasteiger partial charge in [0.15, 0.2) is 0 Å². The van der Waals surface area contributed by atoms with Crippen molar-refractivity contribution in [3.8, 4) is 0 Å². The van der Waals surface area contributed by atoms with Crippen molar-refractivity contribution in [3.63, 3.8) is 0 Å². The molecule has 6 heteroatoms. The molecule has 1 aliphatic rings. The largest absolute Gasteiger partial charge is 0.478 e. The van der Waals surface area contributed by atoms with Crippen molar-refractivity contribution in [2.24, 2.45) is 5.92 Å². The summed E-state index contributed by atoms with van der Waals surface area (Å²) in [6.45, 7) is 6.47. The van der Waals surface area contributed by atoms with Gasteiger partial charge in [0.05, 0.1) is 10.5 Å². The van der Waals surface area contributed by atoms with Gasteiger partial charge in [0, 0.05) is 13.1 Å². The molecule has 0 radical (unpaired) electrons. The van der Waals surface area contributed by atoms with Crippen LogP contribution in [0, 0.1) is 19.8 Å². The zero-order valence-electron chi connectivity index (χ0n) is 12.6. The number of rotatable bonds is 4. The first kappa shape index (κ1) is 16.0. The second-order valence-corrected chi connectivity index (χ2v) is 7.57. The number of nitrogens with zero attached hydrogens (tertiary/aromatic N) is 1. The van der Waals surface area contributed by atoms with Crippen LogP contribution in [0.3, 0.4) is 0 Å². The monoisotopic (exact) mass is 311 g/mol. The first-order chi connectivity index (χ1) is 9.77. The Balaban J connectivity index is 2.45. The average Bonchev–Trinajstić information content (AvgIpc) is 2.87. The lowest BCUT2D eigenvalue weighted by atomic mass is 10.1. The molecule has 21 heavy (non-hydrogen) atoms. The molecular formula is C15H21NO4S. The highest BCUT2D eigenvalue weighted by atomic mass is 32.2. The summed E-state index contributed by atoms with van der Waals surface area (Å²) in [5, 5.41) is 9.18. The van der Waals surface area contributed by atoms with E-state index in [-0.39, 0.29) is 10.5 Å². The van der Waals surface area contributed by atoms with Gasteiger partial charge in [-0.25, -0.2) is 13.2 Å². The van der Waals surface area contributed by atoms with Crippen LogP contribution in [0.1, 0.15) is 41.3 Å². The third-order valence-corrected chi connectivity index (χ3v) is 6.20. The first-order valence-corrected chi connectivity index (χ1v) is 8.56. The number of aromatic carboxylic acids is 1. The van der Waals surface area contributed by atoms with Crippen LogP contribution in [-0.4, -0.2) is 36.9 Å². The predicted octanol–water partition coefficient (Wildman–Crippen LogP) is 2.42. The van der Waals surface area contributed by atoms with Crippen LogP contribution in [0.5, 0.6) is 0 Å².